The number of anilines is 1. The molecular weight excluding hydrogens is 301 g/mol. The Balaban J connectivity index is 2.35. The Labute approximate surface area is 125 Å². The molecule has 0 heterocycles. The molecule has 0 aromatic heterocycles. The number of halogens is 3. The second-order valence-corrected chi connectivity index (χ2v) is 4.58. The summed E-state index contributed by atoms with van der Waals surface area (Å²) in [6, 6.07) is 3.23. The van der Waals surface area contributed by atoms with Crippen LogP contribution in [-0.4, -0.2) is 44.1 Å². The average Bonchev–Trinajstić information content (AvgIpc) is 2.42. The zero-order valence-corrected chi connectivity index (χ0v) is 12.1. The van der Waals surface area contributed by atoms with Gasteiger partial charge in [-0.05, 0) is 24.3 Å². The number of carbonyl (C=O) groups is 2. The lowest BCUT2D eigenvalue weighted by molar-refractivity contribution is -0.137. The van der Waals surface area contributed by atoms with E-state index in [0.29, 0.717) is 0 Å². The van der Waals surface area contributed by atoms with Gasteiger partial charge in [0, 0.05) is 32.9 Å². The van der Waals surface area contributed by atoms with Crippen molar-refractivity contribution in [2.45, 2.75) is 6.18 Å². The molecule has 0 atom stereocenters. The van der Waals surface area contributed by atoms with Crippen LogP contribution in [0.3, 0.4) is 0 Å². The predicted molar refractivity (Wildman–Crippen MR) is 75.6 cm³/mol. The zero-order chi connectivity index (χ0) is 16.8. The molecule has 1 rings (SSSR count). The van der Waals surface area contributed by atoms with Crippen LogP contribution in [0.4, 0.5) is 28.4 Å². The van der Waals surface area contributed by atoms with Crippen LogP contribution >= 0.6 is 0 Å². The minimum atomic E-state index is -4.41. The largest absolute Gasteiger partial charge is 0.416 e. The number of hydrogen-bond acceptors (Lipinski definition) is 2. The minimum absolute atomic E-state index is 0.187. The topological polar surface area (TPSA) is 73.5 Å². The lowest BCUT2D eigenvalue weighted by Gasteiger charge is -2.12. The quantitative estimate of drug-likeness (QED) is 0.744. The summed E-state index contributed by atoms with van der Waals surface area (Å²) < 4.78 is 37.1. The smallest absolute Gasteiger partial charge is 0.336 e. The normalized spacial score (nSPS) is 10.8. The van der Waals surface area contributed by atoms with Gasteiger partial charge in [-0.15, -0.1) is 0 Å². The number of carbonyl (C=O) groups excluding carboxylic acids is 2. The number of nitrogens with zero attached hydrogens (tertiary/aromatic N) is 1. The van der Waals surface area contributed by atoms with Crippen molar-refractivity contribution in [3.05, 3.63) is 29.8 Å². The molecule has 0 unspecified atom stereocenters. The van der Waals surface area contributed by atoms with Gasteiger partial charge in [0.2, 0.25) is 0 Å². The van der Waals surface area contributed by atoms with Crippen LogP contribution in [0.2, 0.25) is 0 Å². The summed E-state index contributed by atoms with van der Waals surface area (Å²) >= 11 is 0. The summed E-state index contributed by atoms with van der Waals surface area (Å²) in [5.41, 5.74) is -0.548. The van der Waals surface area contributed by atoms with Gasteiger partial charge in [-0.2, -0.15) is 13.2 Å². The molecule has 0 bridgehead atoms. The van der Waals surface area contributed by atoms with Crippen LogP contribution in [0.25, 0.3) is 0 Å². The molecule has 0 aliphatic heterocycles. The van der Waals surface area contributed by atoms with Gasteiger partial charge in [0.05, 0.1) is 5.56 Å². The van der Waals surface area contributed by atoms with E-state index in [2.05, 4.69) is 16.0 Å². The first-order chi connectivity index (χ1) is 10.2. The monoisotopic (exact) mass is 318 g/mol. The van der Waals surface area contributed by atoms with E-state index in [1.54, 1.807) is 14.1 Å². The molecule has 0 aliphatic rings. The van der Waals surface area contributed by atoms with Crippen LogP contribution in [0.15, 0.2) is 24.3 Å². The molecule has 1 aromatic carbocycles. The third-order valence-corrected chi connectivity index (χ3v) is 2.56. The third-order valence-electron chi connectivity index (χ3n) is 2.56. The Bertz CT molecular complexity index is 515. The fraction of sp³-hybridized carbons (Fsp3) is 0.385. The molecule has 0 saturated heterocycles. The van der Waals surface area contributed by atoms with Crippen molar-refractivity contribution in [1.29, 1.82) is 0 Å². The Morgan fingerprint density at radius 3 is 2.09 bits per heavy atom. The summed E-state index contributed by atoms with van der Waals surface area (Å²) in [5.74, 6) is 0. The van der Waals surface area contributed by atoms with E-state index in [-0.39, 0.29) is 24.8 Å². The number of nitrogens with one attached hydrogen (secondary N) is 3. The Morgan fingerprint density at radius 2 is 1.59 bits per heavy atom. The van der Waals surface area contributed by atoms with E-state index < -0.39 is 17.8 Å². The number of benzene rings is 1. The maximum atomic E-state index is 12.4. The minimum Gasteiger partial charge on any atom is -0.336 e. The van der Waals surface area contributed by atoms with Crippen molar-refractivity contribution < 1.29 is 22.8 Å². The maximum absolute atomic E-state index is 12.4. The van der Waals surface area contributed by atoms with Gasteiger partial charge in [0.25, 0.3) is 0 Å². The maximum Gasteiger partial charge on any atom is 0.416 e. The van der Waals surface area contributed by atoms with Gasteiger partial charge in [-0.1, -0.05) is 0 Å². The van der Waals surface area contributed by atoms with E-state index in [1.165, 1.54) is 4.90 Å². The lowest BCUT2D eigenvalue weighted by atomic mass is 10.2. The average molecular weight is 318 g/mol. The number of alkyl halides is 3. The van der Waals surface area contributed by atoms with Crippen molar-refractivity contribution in [1.82, 2.24) is 15.5 Å². The summed E-state index contributed by atoms with van der Waals surface area (Å²) in [5, 5.41) is 7.40. The molecule has 3 N–H and O–H groups in total. The van der Waals surface area contributed by atoms with Crippen molar-refractivity contribution in [2.24, 2.45) is 0 Å². The second-order valence-electron chi connectivity index (χ2n) is 4.58. The standard InChI is InChI=1S/C13H17F3N4O2/c1-20(2)12(22)18-8-7-17-11(21)19-10-5-3-9(4-6-10)13(14,15)16/h3-6H,7-8H2,1-2H3,(H,18,22)(H2,17,19,21). The van der Waals surface area contributed by atoms with Gasteiger partial charge in [-0.3, -0.25) is 0 Å². The summed E-state index contributed by atoms with van der Waals surface area (Å²) in [7, 11) is 3.17. The summed E-state index contributed by atoms with van der Waals surface area (Å²) in [4.78, 5) is 24.0. The van der Waals surface area contributed by atoms with Crippen molar-refractivity contribution >= 4 is 17.7 Å². The van der Waals surface area contributed by atoms with E-state index in [1.807, 2.05) is 0 Å². The molecule has 1 aromatic rings. The Kier molecular flexibility index (Phi) is 6.02. The number of urea groups is 2. The van der Waals surface area contributed by atoms with Crippen molar-refractivity contribution in [3.63, 3.8) is 0 Å². The first-order valence-corrected chi connectivity index (χ1v) is 6.37. The SMILES string of the molecule is CN(C)C(=O)NCCNC(=O)Nc1ccc(C(F)(F)F)cc1. The molecule has 0 radical (unpaired) electrons. The highest BCUT2D eigenvalue weighted by Gasteiger charge is 2.29. The Hall–Kier alpha value is -2.45. The molecule has 6 nitrogen and oxygen atoms in total. The molecule has 0 saturated carbocycles. The predicted octanol–water partition coefficient (Wildman–Crippen LogP) is 2.10. The molecule has 0 spiro atoms. The molecule has 0 aliphatic carbocycles. The Morgan fingerprint density at radius 1 is 1.05 bits per heavy atom. The van der Waals surface area contributed by atoms with E-state index in [0.717, 1.165) is 24.3 Å². The third kappa shape index (κ3) is 5.90. The molecule has 122 valence electrons. The number of amides is 4. The van der Waals surface area contributed by atoms with E-state index >= 15 is 0 Å². The lowest BCUT2D eigenvalue weighted by Crippen LogP contribution is -2.40. The van der Waals surface area contributed by atoms with Crippen LogP contribution < -0.4 is 16.0 Å². The van der Waals surface area contributed by atoms with E-state index in [4.69, 9.17) is 0 Å². The van der Waals surface area contributed by atoms with Gasteiger partial charge in [0.1, 0.15) is 0 Å². The molecular formula is C13H17F3N4O2. The van der Waals surface area contributed by atoms with Crippen LogP contribution in [0, 0.1) is 0 Å². The van der Waals surface area contributed by atoms with Crippen LogP contribution in [-0.2, 0) is 6.18 Å². The van der Waals surface area contributed by atoms with Gasteiger partial charge in [-0.25, -0.2) is 9.59 Å². The van der Waals surface area contributed by atoms with Gasteiger partial charge >= 0.3 is 18.2 Å². The fourth-order valence-corrected chi connectivity index (χ4v) is 1.42. The molecule has 22 heavy (non-hydrogen) atoms. The molecule has 4 amide bonds. The van der Waals surface area contributed by atoms with Crippen molar-refractivity contribution in [2.75, 3.05) is 32.5 Å². The second kappa shape index (κ2) is 7.53. The first-order valence-electron chi connectivity index (χ1n) is 6.37. The number of hydrogen-bond donors (Lipinski definition) is 3. The summed E-state index contributed by atoms with van der Waals surface area (Å²) in [6.45, 7) is 0.420. The highest BCUT2D eigenvalue weighted by molar-refractivity contribution is 5.89. The summed E-state index contributed by atoms with van der Waals surface area (Å²) in [6.07, 6.45) is -4.41. The van der Waals surface area contributed by atoms with Gasteiger partial charge in [0.15, 0.2) is 0 Å². The molecule has 9 heteroatoms. The van der Waals surface area contributed by atoms with Crippen LogP contribution in [0.5, 0.6) is 0 Å². The fourth-order valence-electron chi connectivity index (χ4n) is 1.42. The molecule has 0 fully saturated rings. The van der Waals surface area contributed by atoms with Crippen LogP contribution in [0.1, 0.15) is 5.56 Å². The van der Waals surface area contributed by atoms with Gasteiger partial charge < -0.3 is 20.9 Å². The number of rotatable bonds is 4. The highest BCUT2D eigenvalue weighted by atomic mass is 19.4. The van der Waals surface area contributed by atoms with E-state index in [9.17, 15) is 22.8 Å². The zero-order valence-electron chi connectivity index (χ0n) is 12.1. The first kappa shape index (κ1) is 17.6. The highest BCUT2D eigenvalue weighted by Crippen LogP contribution is 2.29. The van der Waals surface area contributed by atoms with Crippen molar-refractivity contribution in [3.8, 4) is 0 Å².